The van der Waals surface area contributed by atoms with Crippen LogP contribution in [-0.2, 0) is 30.3 Å². The van der Waals surface area contributed by atoms with Crippen LogP contribution in [0.2, 0.25) is 0 Å². The van der Waals surface area contributed by atoms with Gasteiger partial charge in [-0.05, 0) is 43.4 Å². The zero-order valence-corrected chi connectivity index (χ0v) is 20.5. The number of ether oxygens (including phenoxy) is 1. The van der Waals surface area contributed by atoms with Crippen LogP contribution < -0.4 is 10.6 Å². The molecule has 1 aromatic rings. The standard InChI is InChI=1S/C24H34N2O6S/c1-5-32-22(30)19(14-17-8-10-18(28)11-9-17)25-23(31)24(12-6-7-13-24)26-21(29)20(15(2)3)33-16(4)27/h8-11,15,19-20,28H,5-7,12-14H2,1-4H3,(H,25,31)(H,26,29)/t19-,20+/m0/s1. The summed E-state index contributed by atoms with van der Waals surface area (Å²) in [6.07, 6.45) is 2.62. The van der Waals surface area contributed by atoms with Crippen LogP contribution in [-0.4, -0.2) is 51.4 Å². The van der Waals surface area contributed by atoms with E-state index in [0.29, 0.717) is 12.8 Å². The lowest BCUT2D eigenvalue weighted by molar-refractivity contribution is -0.148. The maximum absolute atomic E-state index is 13.4. The van der Waals surface area contributed by atoms with Crippen molar-refractivity contribution in [2.75, 3.05) is 6.61 Å². The van der Waals surface area contributed by atoms with E-state index in [0.717, 1.165) is 30.2 Å². The van der Waals surface area contributed by atoms with Crippen LogP contribution in [0.1, 0.15) is 58.9 Å². The number of amides is 2. The molecule has 2 amide bonds. The third kappa shape index (κ3) is 7.48. The van der Waals surface area contributed by atoms with Crippen LogP contribution in [0.15, 0.2) is 24.3 Å². The number of phenols is 1. The van der Waals surface area contributed by atoms with Gasteiger partial charge < -0.3 is 20.5 Å². The van der Waals surface area contributed by atoms with Gasteiger partial charge in [-0.1, -0.05) is 50.6 Å². The van der Waals surface area contributed by atoms with Crippen molar-refractivity contribution in [2.45, 2.75) is 76.6 Å². The topological polar surface area (TPSA) is 122 Å². The van der Waals surface area contributed by atoms with Gasteiger partial charge in [0, 0.05) is 13.3 Å². The Balaban J connectivity index is 2.22. The second-order valence-electron chi connectivity index (χ2n) is 8.70. The highest BCUT2D eigenvalue weighted by Gasteiger charge is 2.45. The number of nitrogens with one attached hydrogen (secondary N) is 2. The Morgan fingerprint density at radius 2 is 1.73 bits per heavy atom. The number of hydrogen-bond acceptors (Lipinski definition) is 7. The van der Waals surface area contributed by atoms with Gasteiger partial charge in [0.1, 0.15) is 17.3 Å². The molecule has 1 fully saturated rings. The lowest BCUT2D eigenvalue weighted by Gasteiger charge is -2.33. The second-order valence-corrected chi connectivity index (χ2v) is 10.0. The number of carbonyl (C=O) groups excluding carboxylic acids is 4. The van der Waals surface area contributed by atoms with E-state index in [9.17, 15) is 24.3 Å². The molecule has 1 saturated carbocycles. The molecule has 182 valence electrons. The molecule has 0 bridgehead atoms. The lowest BCUT2D eigenvalue weighted by atomic mass is 9.94. The van der Waals surface area contributed by atoms with Crippen LogP contribution in [0, 0.1) is 5.92 Å². The van der Waals surface area contributed by atoms with Crippen LogP contribution in [0.5, 0.6) is 5.75 Å². The quantitative estimate of drug-likeness (QED) is 0.442. The number of phenolic OH excluding ortho intramolecular Hbond substituents is 1. The number of rotatable bonds is 10. The first-order chi connectivity index (χ1) is 15.6. The summed E-state index contributed by atoms with van der Waals surface area (Å²) >= 11 is 0.961. The van der Waals surface area contributed by atoms with Crippen molar-refractivity contribution in [3.63, 3.8) is 0 Å². The minimum Gasteiger partial charge on any atom is -0.508 e. The molecule has 8 nitrogen and oxygen atoms in total. The first-order valence-corrected chi connectivity index (χ1v) is 12.2. The minimum absolute atomic E-state index is 0.0952. The van der Waals surface area contributed by atoms with E-state index in [2.05, 4.69) is 10.6 Å². The van der Waals surface area contributed by atoms with Gasteiger partial charge in [-0.25, -0.2) is 4.79 Å². The van der Waals surface area contributed by atoms with Crippen molar-refractivity contribution >= 4 is 34.7 Å². The van der Waals surface area contributed by atoms with Gasteiger partial charge in [-0.15, -0.1) is 0 Å². The molecule has 0 aliphatic heterocycles. The molecule has 0 radical (unpaired) electrons. The monoisotopic (exact) mass is 478 g/mol. The summed E-state index contributed by atoms with van der Waals surface area (Å²) in [5.41, 5.74) is -0.394. The minimum atomic E-state index is -1.14. The van der Waals surface area contributed by atoms with Crippen molar-refractivity contribution in [1.29, 1.82) is 0 Å². The molecular weight excluding hydrogens is 444 g/mol. The fraction of sp³-hybridized carbons (Fsp3) is 0.583. The van der Waals surface area contributed by atoms with Gasteiger partial charge in [0.05, 0.1) is 11.9 Å². The summed E-state index contributed by atoms with van der Waals surface area (Å²) < 4.78 is 5.16. The second kappa shape index (κ2) is 12.1. The summed E-state index contributed by atoms with van der Waals surface area (Å²) in [7, 11) is 0. The maximum Gasteiger partial charge on any atom is 0.328 e. The van der Waals surface area contributed by atoms with Crippen LogP contribution in [0.4, 0.5) is 0 Å². The van der Waals surface area contributed by atoms with E-state index in [1.54, 1.807) is 19.1 Å². The molecule has 33 heavy (non-hydrogen) atoms. The highest BCUT2D eigenvalue weighted by atomic mass is 32.2. The number of hydrogen-bond donors (Lipinski definition) is 3. The summed E-state index contributed by atoms with van der Waals surface area (Å²) in [6, 6.07) is 5.43. The van der Waals surface area contributed by atoms with Crippen molar-refractivity contribution in [3.8, 4) is 5.75 Å². The van der Waals surface area contributed by atoms with E-state index >= 15 is 0 Å². The van der Waals surface area contributed by atoms with Crippen molar-refractivity contribution in [1.82, 2.24) is 10.6 Å². The Morgan fingerprint density at radius 1 is 1.12 bits per heavy atom. The third-order valence-electron chi connectivity index (χ3n) is 5.66. The Hall–Kier alpha value is -2.55. The Bertz CT molecular complexity index is 849. The van der Waals surface area contributed by atoms with Gasteiger partial charge in [-0.3, -0.25) is 14.4 Å². The normalized spacial score (nSPS) is 16.6. The first kappa shape index (κ1) is 26.7. The zero-order chi connectivity index (χ0) is 24.6. The molecule has 0 aromatic heterocycles. The fourth-order valence-corrected chi connectivity index (χ4v) is 4.76. The van der Waals surface area contributed by atoms with Crippen molar-refractivity contribution in [3.05, 3.63) is 29.8 Å². The highest BCUT2D eigenvalue weighted by molar-refractivity contribution is 8.14. The van der Waals surface area contributed by atoms with Crippen LogP contribution in [0.3, 0.4) is 0 Å². The maximum atomic E-state index is 13.4. The summed E-state index contributed by atoms with van der Waals surface area (Å²) in [4.78, 5) is 50.7. The average Bonchev–Trinajstić information content (AvgIpc) is 3.22. The van der Waals surface area contributed by atoms with Crippen LogP contribution >= 0.6 is 11.8 Å². The van der Waals surface area contributed by atoms with Gasteiger partial charge in [0.15, 0.2) is 5.12 Å². The number of esters is 1. The summed E-state index contributed by atoms with van der Waals surface area (Å²) in [5.74, 6) is -1.34. The molecule has 1 aliphatic carbocycles. The predicted octanol–water partition coefficient (Wildman–Crippen LogP) is 2.72. The molecular formula is C24H34N2O6S. The van der Waals surface area contributed by atoms with E-state index in [1.807, 2.05) is 13.8 Å². The molecule has 1 aromatic carbocycles. The van der Waals surface area contributed by atoms with Crippen molar-refractivity contribution in [2.24, 2.45) is 5.92 Å². The van der Waals surface area contributed by atoms with Gasteiger partial charge in [0.2, 0.25) is 11.8 Å². The van der Waals surface area contributed by atoms with Crippen molar-refractivity contribution < 1.29 is 29.0 Å². The smallest absolute Gasteiger partial charge is 0.328 e. The molecule has 9 heteroatoms. The molecule has 2 rings (SSSR count). The Kier molecular flexibility index (Phi) is 9.76. The van der Waals surface area contributed by atoms with E-state index in [1.165, 1.54) is 19.1 Å². The Morgan fingerprint density at radius 3 is 2.24 bits per heavy atom. The largest absolute Gasteiger partial charge is 0.508 e. The van der Waals surface area contributed by atoms with E-state index < -0.39 is 28.7 Å². The molecule has 0 heterocycles. The Labute approximate surface area is 199 Å². The number of carbonyl (C=O) groups is 4. The zero-order valence-electron chi connectivity index (χ0n) is 19.7. The molecule has 2 atom stereocenters. The van der Waals surface area contributed by atoms with Gasteiger partial charge in [-0.2, -0.15) is 0 Å². The number of thioether (sulfide) groups is 1. The SMILES string of the molecule is CCOC(=O)[C@H](Cc1ccc(O)cc1)NC(=O)C1(NC(=O)[C@H](SC(C)=O)C(C)C)CCCC1. The molecule has 1 aliphatic rings. The third-order valence-corrected chi connectivity index (χ3v) is 7.01. The predicted molar refractivity (Wildman–Crippen MR) is 127 cm³/mol. The highest BCUT2D eigenvalue weighted by Crippen LogP contribution is 2.32. The van der Waals surface area contributed by atoms with Gasteiger partial charge >= 0.3 is 5.97 Å². The van der Waals surface area contributed by atoms with E-state index in [-0.39, 0.29) is 35.7 Å². The van der Waals surface area contributed by atoms with E-state index in [4.69, 9.17) is 4.74 Å². The number of benzene rings is 1. The van der Waals surface area contributed by atoms with Gasteiger partial charge in [0.25, 0.3) is 0 Å². The first-order valence-electron chi connectivity index (χ1n) is 11.3. The number of aromatic hydroxyl groups is 1. The molecule has 3 N–H and O–H groups in total. The molecule has 0 unspecified atom stereocenters. The van der Waals surface area contributed by atoms with Crippen LogP contribution in [0.25, 0.3) is 0 Å². The summed E-state index contributed by atoms with van der Waals surface area (Å²) in [5, 5.41) is 14.5. The lowest BCUT2D eigenvalue weighted by Crippen LogP contribution is -2.61. The average molecular weight is 479 g/mol. The fourth-order valence-electron chi connectivity index (χ4n) is 3.97. The summed E-state index contributed by atoms with van der Waals surface area (Å²) in [6.45, 7) is 6.99. The molecule has 0 spiro atoms. The molecule has 0 saturated heterocycles.